The first kappa shape index (κ1) is 40.4. The molecule has 0 fully saturated rings. The number of aliphatic carboxylic acids is 2. The maximum atomic E-state index is 9.87. The van der Waals surface area contributed by atoms with E-state index in [1.54, 1.807) is 0 Å². The van der Waals surface area contributed by atoms with Crippen LogP contribution in [0.25, 0.3) is 0 Å². The summed E-state index contributed by atoms with van der Waals surface area (Å²) in [5.74, 6) is -3.27. The van der Waals surface area contributed by atoms with Gasteiger partial charge in [-0.2, -0.15) is 0 Å². The average molecular weight is 769 g/mol. The molecule has 2 aliphatic heterocycles. The van der Waals surface area contributed by atoms with Crippen LogP contribution in [-0.2, 0) is 35.3 Å². The van der Waals surface area contributed by atoms with E-state index in [4.69, 9.17) is 66.2 Å². The van der Waals surface area contributed by atoms with Crippen molar-refractivity contribution >= 4 is 70.7 Å². The zero-order valence-corrected chi connectivity index (χ0v) is 31.1. The fraction of sp³-hybridized carbons (Fsp3) is 0.297. The van der Waals surface area contributed by atoms with Crippen molar-refractivity contribution in [2.24, 2.45) is 0 Å². The van der Waals surface area contributed by atoms with Gasteiger partial charge in [0.05, 0.1) is 20.1 Å². The predicted octanol–water partition coefficient (Wildman–Crippen LogP) is 9.05. The zero-order valence-electron chi connectivity index (χ0n) is 27.2. The summed E-state index contributed by atoms with van der Waals surface area (Å²) in [5.41, 5.74) is 11.4. The second-order valence-corrected chi connectivity index (χ2v) is 13.6. The number of aryl methyl sites for hydroxylation is 3. The molecule has 0 aromatic heterocycles. The summed E-state index contributed by atoms with van der Waals surface area (Å²) in [7, 11) is 0. The topological polar surface area (TPSA) is 119 Å². The number of hydrogen-bond donors (Lipinski definition) is 5. The summed E-state index contributed by atoms with van der Waals surface area (Å²) in [6, 6.07) is 20.9. The number of carboxylic acid groups (broad SMARTS) is 2. The predicted molar refractivity (Wildman–Crippen MR) is 201 cm³/mol. The van der Waals surface area contributed by atoms with Crippen LogP contribution in [0, 0.1) is 20.8 Å². The molecule has 262 valence electrons. The summed E-state index contributed by atoms with van der Waals surface area (Å²) < 4.78 is 0. The second-order valence-electron chi connectivity index (χ2n) is 12.0. The van der Waals surface area contributed by atoms with Gasteiger partial charge in [-0.05, 0) is 140 Å². The fourth-order valence-corrected chi connectivity index (χ4v) is 6.53. The van der Waals surface area contributed by atoms with Crippen molar-refractivity contribution < 1.29 is 24.9 Å². The summed E-state index contributed by atoms with van der Waals surface area (Å²) in [4.78, 5) is 18.2. The van der Waals surface area contributed by atoms with Gasteiger partial charge in [-0.25, -0.2) is 9.59 Å². The van der Waals surface area contributed by atoms with Crippen molar-refractivity contribution in [3.63, 3.8) is 0 Å². The van der Waals surface area contributed by atoms with E-state index in [2.05, 4.69) is 48.7 Å². The third-order valence-corrected chi connectivity index (χ3v) is 10.0. The Morgan fingerprint density at radius 1 is 0.633 bits per heavy atom. The lowest BCUT2D eigenvalue weighted by Crippen LogP contribution is -2.31. The van der Waals surface area contributed by atoms with E-state index in [0.29, 0.717) is 31.9 Å². The molecule has 5 N–H and O–H groups in total. The van der Waals surface area contributed by atoms with Gasteiger partial charge in [0.15, 0.2) is 0 Å². The Balaban J connectivity index is 0.000000224. The smallest absolute Gasteiger partial charge is 0.414 e. The molecule has 12 heteroatoms. The number of fused-ring (bicyclic) bond motifs is 2. The lowest BCUT2D eigenvalue weighted by Gasteiger charge is -2.28. The van der Waals surface area contributed by atoms with E-state index in [-0.39, 0.29) is 18.4 Å². The molecular weight excluding hydrogens is 730 g/mol. The first-order valence-corrected chi connectivity index (χ1v) is 17.0. The Morgan fingerprint density at radius 2 is 1.04 bits per heavy atom. The molecule has 0 saturated heterocycles. The Bertz CT molecular complexity index is 1690. The van der Waals surface area contributed by atoms with Gasteiger partial charge < -0.3 is 26.0 Å². The molecule has 2 unspecified atom stereocenters. The number of nitrogens with one attached hydrogen (secondary N) is 2. The lowest BCUT2D eigenvalue weighted by atomic mass is 9.87. The highest BCUT2D eigenvalue weighted by Crippen LogP contribution is 2.33. The minimum Gasteiger partial charge on any atom is -0.508 e. The van der Waals surface area contributed by atoms with Crippen molar-refractivity contribution in [3.05, 3.63) is 131 Å². The molecule has 4 aromatic rings. The van der Waals surface area contributed by atoms with Crippen LogP contribution >= 0.6 is 58.8 Å². The first-order chi connectivity index (χ1) is 22.7. The molecule has 0 aliphatic carbocycles. The van der Waals surface area contributed by atoms with E-state index in [0.717, 1.165) is 49.9 Å². The molecule has 0 bridgehead atoms. The molecule has 0 amide bonds. The molecule has 0 saturated carbocycles. The quantitative estimate of drug-likeness (QED) is 0.132. The average Bonchev–Trinajstić information content (AvgIpc) is 3.03. The minimum atomic E-state index is -1.82. The maximum Gasteiger partial charge on any atom is 0.414 e. The molecule has 2 heterocycles. The highest BCUT2D eigenvalue weighted by Gasteiger charge is 2.22. The highest BCUT2D eigenvalue weighted by molar-refractivity contribution is 6.42. The van der Waals surface area contributed by atoms with E-state index in [9.17, 15) is 5.11 Å². The summed E-state index contributed by atoms with van der Waals surface area (Å²) in [5, 5.41) is 34.2. The van der Waals surface area contributed by atoms with Crippen LogP contribution in [0.5, 0.6) is 5.75 Å². The van der Waals surface area contributed by atoms with Gasteiger partial charge in [0, 0.05) is 12.1 Å². The Hall–Kier alpha value is -3.01. The van der Waals surface area contributed by atoms with Crippen molar-refractivity contribution in [2.75, 3.05) is 13.1 Å². The second kappa shape index (κ2) is 18.3. The highest BCUT2D eigenvalue weighted by atomic mass is 35.5. The Kier molecular flexibility index (Phi) is 15.1. The van der Waals surface area contributed by atoms with Gasteiger partial charge in [0.1, 0.15) is 5.75 Å². The van der Waals surface area contributed by atoms with Crippen LogP contribution in [0.3, 0.4) is 0 Å². The largest absolute Gasteiger partial charge is 0.508 e. The number of carbonyl (C=O) groups is 2. The third kappa shape index (κ3) is 11.0. The lowest BCUT2D eigenvalue weighted by molar-refractivity contribution is -0.159. The Morgan fingerprint density at radius 3 is 1.47 bits per heavy atom. The van der Waals surface area contributed by atoms with Gasteiger partial charge in [0.2, 0.25) is 0 Å². The van der Waals surface area contributed by atoms with Crippen molar-refractivity contribution in [3.8, 4) is 5.75 Å². The maximum absolute atomic E-state index is 9.87. The van der Waals surface area contributed by atoms with Crippen LogP contribution in [0.2, 0.25) is 20.1 Å². The van der Waals surface area contributed by atoms with Gasteiger partial charge in [0.25, 0.3) is 0 Å². The molecular formula is C37H39Cl5N2O5. The van der Waals surface area contributed by atoms with Crippen molar-refractivity contribution in [1.82, 2.24) is 10.6 Å². The molecule has 4 aromatic carbocycles. The molecule has 2 atom stereocenters. The number of halogens is 5. The SMILES string of the molecule is Cc1cc2c(cc1C)C(Cc1ccc(Cl)c(Cl)c1)NCC2.Cc1cc2c(cc1O)CCNC2Cc1ccc(Cl)c(Cl)c1.Cl.O=C(O)C(=O)O. The normalized spacial score (nSPS) is 16.0. The monoisotopic (exact) mass is 766 g/mol. The number of carboxylic acids is 2. The summed E-state index contributed by atoms with van der Waals surface area (Å²) in [6.07, 6.45) is 3.84. The Labute approximate surface area is 313 Å². The zero-order chi connectivity index (χ0) is 35.1. The molecule has 7 nitrogen and oxygen atoms in total. The summed E-state index contributed by atoms with van der Waals surface area (Å²) >= 11 is 24.2. The van der Waals surface area contributed by atoms with Crippen LogP contribution in [0.4, 0.5) is 0 Å². The molecule has 0 radical (unpaired) electrons. The third-order valence-electron chi connectivity index (χ3n) is 8.56. The molecule has 2 aliphatic rings. The van der Waals surface area contributed by atoms with Gasteiger partial charge in [-0.1, -0.05) is 76.7 Å². The van der Waals surface area contributed by atoms with Gasteiger partial charge in [-0.15, -0.1) is 12.4 Å². The minimum absolute atomic E-state index is 0. The van der Waals surface area contributed by atoms with E-state index < -0.39 is 11.9 Å². The molecule has 49 heavy (non-hydrogen) atoms. The van der Waals surface area contributed by atoms with E-state index in [1.165, 1.54) is 38.9 Å². The van der Waals surface area contributed by atoms with E-state index >= 15 is 0 Å². The number of phenolic OH excluding ortho intramolecular Hbond substituents is 1. The van der Waals surface area contributed by atoms with Crippen molar-refractivity contribution in [2.45, 2.75) is 58.5 Å². The van der Waals surface area contributed by atoms with Crippen molar-refractivity contribution in [1.29, 1.82) is 0 Å². The van der Waals surface area contributed by atoms with E-state index in [1.807, 2.05) is 43.3 Å². The number of hydrogen-bond acceptors (Lipinski definition) is 5. The van der Waals surface area contributed by atoms with Crippen LogP contribution in [-0.4, -0.2) is 40.3 Å². The first-order valence-electron chi connectivity index (χ1n) is 15.5. The molecule has 6 rings (SSSR count). The number of aromatic hydroxyl groups is 1. The van der Waals surface area contributed by atoms with Gasteiger partial charge in [-0.3, -0.25) is 0 Å². The number of rotatable bonds is 4. The van der Waals surface area contributed by atoms with Crippen LogP contribution in [0.15, 0.2) is 60.7 Å². The standard InChI is InChI=1S/C18H19Cl2N.C17H17Cl2NO.C2H2O4.ClH/c1-11-7-14-5-6-21-18(15(14)8-12(11)2)10-13-3-4-16(19)17(20)9-13;1-10-6-13-12(9-17(10)21)4-5-20-16(13)8-11-2-3-14(18)15(19)7-11;3-1(4)2(5)6;/h3-4,7-9,18,21H,5-6,10H2,1-2H3;2-3,6-7,9,16,20-21H,4-5,8H2,1H3;(H,3,4)(H,5,6);1H. The van der Waals surface area contributed by atoms with Gasteiger partial charge >= 0.3 is 11.9 Å². The van der Waals surface area contributed by atoms with Crippen LogP contribution < -0.4 is 10.6 Å². The number of phenols is 1. The molecule has 0 spiro atoms. The summed E-state index contributed by atoms with van der Waals surface area (Å²) in [6.45, 7) is 8.25. The fourth-order valence-electron chi connectivity index (χ4n) is 5.89. The van der Waals surface area contributed by atoms with Crippen LogP contribution in [0.1, 0.15) is 62.2 Å². The number of benzene rings is 4.